The number of hydrogen-bond donors (Lipinski definition) is 3. The molecule has 3 amide bonds. The fourth-order valence-corrected chi connectivity index (χ4v) is 4.64. The van der Waals surface area contributed by atoms with Gasteiger partial charge in [0.05, 0.1) is 38.5 Å². The number of hydrogen-bond acceptors (Lipinski definition) is 9. The summed E-state index contributed by atoms with van der Waals surface area (Å²) in [5.41, 5.74) is 7.98. The zero-order valence-electron chi connectivity index (χ0n) is 22.7. The van der Waals surface area contributed by atoms with Gasteiger partial charge in [-0.2, -0.15) is 15.0 Å². The minimum Gasteiger partial charge on any atom is -0.377 e. The Morgan fingerprint density at radius 3 is 1.98 bits per heavy atom. The summed E-state index contributed by atoms with van der Waals surface area (Å²) in [6.07, 6.45) is 0. The highest BCUT2D eigenvalue weighted by Crippen LogP contribution is 2.26. The van der Waals surface area contributed by atoms with E-state index in [4.69, 9.17) is 30.2 Å². The van der Waals surface area contributed by atoms with Crippen LogP contribution in [0.4, 0.5) is 22.4 Å². The highest BCUT2D eigenvalue weighted by Gasteiger charge is 2.27. The summed E-state index contributed by atoms with van der Waals surface area (Å²) in [6.45, 7) is 8.39. The topological polar surface area (TPSA) is 148 Å². The van der Waals surface area contributed by atoms with Crippen molar-refractivity contribution in [3.8, 4) is 11.4 Å². The molecule has 5 rings (SSSR count). The van der Waals surface area contributed by atoms with Gasteiger partial charge in [0.2, 0.25) is 17.8 Å². The number of nitrogens with one attached hydrogen (secondary N) is 2. The van der Waals surface area contributed by atoms with E-state index in [1.807, 2.05) is 24.3 Å². The second kappa shape index (κ2) is 12.3. The van der Waals surface area contributed by atoms with Gasteiger partial charge in [-0.05, 0) is 55.8 Å². The summed E-state index contributed by atoms with van der Waals surface area (Å²) in [7, 11) is 0. The second-order valence-electron chi connectivity index (χ2n) is 9.94. The summed E-state index contributed by atoms with van der Waals surface area (Å²) in [6, 6.07) is 14.1. The molecule has 2 aliphatic heterocycles. The van der Waals surface area contributed by atoms with Gasteiger partial charge in [0.25, 0.3) is 0 Å². The maximum atomic E-state index is 12.5. The van der Waals surface area contributed by atoms with E-state index in [1.165, 1.54) is 0 Å². The molecule has 0 aliphatic carbocycles. The SMILES string of the molecule is CC1COCCN1c1nc(-c2ccc(NC(=O)NCc3ccc(C(N)=O)cc3)cc2)nc(N2CCOCC2C)n1. The quantitative estimate of drug-likeness (QED) is 0.406. The van der Waals surface area contributed by atoms with Gasteiger partial charge in [-0.25, -0.2) is 4.79 Å². The number of nitrogens with zero attached hydrogens (tertiary/aromatic N) is 5. The third kappa shape index (κ3) is 6.46. The Kier molecular flexibility index (Phi) is 8.37. The van der Waals surface area contributed by atoms with Crippen molar-refractivity contribution in [1.82, 2.24) is 20.3 Å². The fraction of sp³-hybridized carbons (Fsp3) is 0.393. The lowest BCUT2D eigenvalue weighted by molar-refractivity contribution is 0.0969. The van der Waals surface area contributed by atoms with Crippen LogP contribution < -0.4 is 26.2 Å². The Bertz CT molecular complexity index is 1290. The lowest BCUT2D eigenvalue weighted by Crippen LogP contribution is -2.46. The first-order valence-electron chi connectivity index (χ1n) is 13.4. The Labute approximate surface area is 232 Å². The molecule has 0 bridgehead atoms. The maximum absolute atomic E-state index is 12.5. The molecule has 12 nitrogen and oxygen atoms in total. The van der Waals surface area contributed by atoms with E-state index in [0.717, 1.165) is 11.1 Å². The van der Waals surface area contributed by atoms with Crippen molar-refractivity contribution in [1.29, 1.82) is 0 Å². The number of nitrogens with two attached hydrogens (primary N) is 1. The van der Waals surface area contributed by atoms with Crippen molar-refractivity contribution in [2.75, 3.05) is 54.6 Å². The van der Waals surface area contributed by atoms with Crippen LogP contribution in [0.2, 0.25) is 0 Å². The van der Waals surface area contributed by atoms with Gasteiger partial charge in [-0.15, -0.1) is 0 Å². The number of amides is 3. The number of anilines is 3. The molecule has 3 heterocycles. The molecular formula is C28H34N8O4. The van der Waals surface area contributed by atoms with Crippen LogP contribution in [0.1, 0.15) is 29.8 Å². The van der Waals surface area contributed by atoms with Gasteiger partial charge in [-0.3, -0.25) is 4.79 Å². The maximum Gasteiger partial charge on any atom is 0.319 e. The van der Waals surface area contributed by atoms with Crippen LogP contribution in [-0.2, 0) is 16.0 Å². The Hall–Kier alpha value is -4.29. The van der Waals surface area contributed by atoms with Gasteiger partial charge in [0, 0.05) is 36.4 Å². The number of primary amides is 1. The third-order valence-electron chi connectivity index (χ3n) is 6.95. The molecule has 4 N–H and O–H groups in total. The normalized spacial score (nSPS) is 19.2. The monoisotopic (exact) mass is 546 g/mol. The van der Waals surface area contributed by atoms with Crippen LogP contribution in [0, 0.1) is 0 Å². The molecular weight excluding hydrogens is 512 g/mol. The molecule has 0 saturated carbocycles. The van der Waals surface area contributed by atoms with Gasteiger partial charge >= 0.3 is 6.03 Å². The summed E-state index contributed by atoms with van der Waals surface area (Å²) in [4.78, 5) is 42.5. The van der Waals surface area contributed by atoms with Crippen LogP contribution in [0.15, 0.2) is 48.5 Å². The minimum absolute atomic E-state index is 0.144. The van der Waals surface area contributed by atoms with Crippen molar-refractivity contribution in [2.45, 2.75) is 32.5 Å². The average Bonchev–Trinajstić information content (AvgIpc) is 2.97. The third-order valence-corrected chi connectivity index (χ3v) is 6.95. The van der Waals surface area contributed by atoms with Gasteiger partial charge in [0.15, 0.2) is 5.82 Å². The van der Waals surface area contributed by atoms with Crippen molar-refractivity contribution in [2.24, 2.45) is 5.73 Å². The van der Waals surface area contributed by atoms with Crippen LogP contribution in [0.25, 0.3) is 11.4 Å². The highest BCUT2D eigenvalue weighted by atomic mass is 16.5. The zero-order valence-corrected chi connectivity index (χ0v) is 22.7. The molecule has 1 aromatic heterocycles. The van der Waals surface area contributed by atoms with Crippen molar-refractivity contribution in [3.63, 3.8) is 0 Å². The minimum atomic E-state index is -0.489. The van der Waals surface area contributed by atoms with Crippen molar-refractivity contribution >= 4 is 29.5 Å². The van der Waals surface area contributed by atoms with Crippen LogP contribution >= 0.6 is 0 Å². The van der Waals surface area contributed by atoms with E-state index in [9.17, 15) is 9.59 Å². The molecule has 2 unspecified atom stereocenters. The number of benzene rings is 2. The first-order valence-corrected chi connectivity index (χ1v) is 13.4. The predicted molar refractivity (Wildman–Crippen MR) is 151 cm³/mol. The molecule has 2 atom stereocenters. The van der Waals surface area contributed by atoms with E-state index in [2.05, 4.69) is 34.3 Å². The van der Waals surface area contributed by atoms with Crippen LogP contribution in [0.3, 0.4) is 0 Å². The Morgan fingerprint density at radius 2 is 1.45 bits per heavy atom. The lowest BCUT2D eigenvalue weighted by atomic mass is 10.1. The van der Waals surface area contributed by atoms with E-state index in [1.54, 1.807) is 24.3 Å². The van der Waals surface area contributed by atoms with Gasteiger partial charge in [0.1, 0.15) is 0 Å². The lowest BCUT2D eigenvalue weighted by Gasteiger charge is -2.36. The van der Waals surface area contributed by atoms with Gasteiger partial charge < -0.3 is 35.6 Å². The Balaban J connectivity index is 1.30. The fourth-order valence-electron chi connectivity index (χ4n) is 4.64. The molecule has 210 valence electrons. The number of morpholine rings is 2. The van der Waals surface area contributed by atoms with Crippen molar-refractivity contribution in [3.05, 3.63) is 59.7 Å². The first-order chi connectivity index (χ1) is 19.4. The van der Waals surface area contributed by atoms with E-state index < -0.39 is 5.91 Å². The van der Waals surface area contributed by atoms with Crippen LogP contribution in [-0.4, -0.2) is 78.5 Å². The van der Waals surface area contributed by atoms with Crippen molar-refractivity contribution < 1.29 is 19.1 Å². The molecule has 12 heteroatoms. The summed E-state index contributed by atoms with van der Waals surface area (Å²) in [5.74, 6) is 1.32. The average molecular weight is 547 g/mol. The molecule has 0 spiro atoms. The molecule has 2 aromatic carbocycles. The highest BCUT2D eigenvalue weighted by molar-refractivity contribution is 5.92. The molecule has 2 fully saturated rings. The molecule has 40 heavy (non-hydrogen) atoms. The zero-order chi connectivity index (χ0) is 28.1. The predicted octanol–water partition coefficient (Wildman–Crippen LogP) is 2.41. The molecule has 2 aliphatic rings. The summed E-state index contributed by atoms with van der Waals surface area (Å²) >= 11 is 0. The number of rotatable bonds is 7. The molecule has 2 saturated heterocycles. The smallest absolute Gasteiger partial charge is 0.319 e. The van der Waals surface area contributed by atoms with Crippen LogP contribution in [0.5, 0.6) is 0 Å². The largest absolute Gasteiger partial charge is 0.377 e. The standard InChI is InChI=1S/C28H34N8O4/c1-18-16-39-13-11-35(18)26-32-25(33-27(34-26)36-12-14-40-17-19(36)2)22-7-9-23(10-8-22)31-28(38)30-15-20-3-5-21(6-4-20)24(29)37/h3-10,18-19H,11-17H2,1-2H3,(H2,29,37)(H2,30,31,38). The Morgan fingerprint density at radius 1 is 0.875 bits per heavy atom. The number of ether oxygens (including phenoxy) is 2. The van der Waals surface area contributed by atoms with E-state index in [0.29, 0.717) is 75.0 Å². The molecule has 3 aromatic rings. The summed E-state index contributed by atoms with van der Waals surface area (Å²) < 4.78 is 11.2. The number of carbonyl (C=O) groups is 2. The summed E-state index contributed by atoms with van der Waals surface area (Å²) in [5, 5.41) is 5.64. The number of carbonyl (C=O) groups excluding carboxylic acids is 2. The van der Waals surface area contributed by atoms with Gasteiger partial charge in [-0.1, -0.05) is 12.1 Å². The number of urea groups is 1. The molecule has 0 radical (unpaired) electrons. The number of aromatic nitrogens is 3. The first kappa shape index (κ1) is 27.3. The van der Waals surface area contributed by atoms with E-state index >= 15 is 0 Å². The second-order valence-corrected chi connectivity index (χ2v) is 9.94. The van der Waals surface area contributed by atoms with E-state index in [-0.39, 0.29) is 18.1 Å².